The quantitative estimate of drug-likeness (QED) is 0.808. The van der Waals surface area contributed by atoms with E-state index < -0.39 is 0 Å². The van der Waals surface area contributed by atoms with Gasteiger partial charge in [-0.15, -0.1) is 0 Å². The van der Waals surface area contributed by atoms with Crippen LogP contribution < -0.4 is 15.5 Å². The first-order valence-electron chi connectivity index (χ1n) is 9.50. The van der Waals surface area contributed by atoms with E-state index in [0.29, 0.717) is 6.42 Å². The van der Waals surface area contributed by atoms with Crippen molar-refractivity contribution in [3.05, 3.63) is 24.4 Å². The van der Waals surface area contributed by atoms with Gasteiger partial charge >= 0.3 is 0 Å². The van der Waals surface area contributed by atoms with Crippen molar-refractivity contribution in [3.63, 3.8) is 0 Å². The predicted molar refractivity (Wildman–Crippen MR) is 101 cm³/mol. The summed E-state index contributed by atoms with van der Waals surface area (Å²) in [6.07, 6.45) is 4.72. The largest absolute Gasteiger partial charge is 0.356 e. The molecule has 0 saturated carbocycles. The van der Waals surface area contributed by atoms with Crippen molar-refractivity contribution >= 4 is 11.7 Å². The Morgan fingerprint density at radius 3 is 2.68 bits per heavy atom. The number of piperazine rings is 1. The number of anilines is 1. The third-order valence-corrected chi connectivity index (χ3v) is 5.52. The van der Waals surface area contributed by atoms with Crippen molar-refractivity contribution in [2.24, 2.45) is 5.41 Å². The fourth-order valence-corrected chi connectivity index (χ4v) is 3.61. The second kappa shape index (κ2) is 8.63. The molecule has 2 fully saturated rings. The van der Waals surface area contributed by atoms with Crippen LogP contribution in [-0.2, 0) is 4.79 Å². The van der Waals surface area contributed by atoms with Crippen molar-refractivity contribution < 1.29 is 4.79 Å². The van der Waals surface area contributed by atoms with Crippen LogP contribution in [0, 0.1) is 5.41 Å². The van der Waals surface area contributed by atoms with Crippen molar-refractivity contribution in [2.45, 2.75) is 26.2 Å². The van der Waals surface area contributed by atoms with Gasteiger partial charge in [0.05, 0.1) is 0 Å². The smallest absolute Gasteiger partial charge is 0.221 e. The van der Waals surface area contributed by atoms with Crippen LogP contribution in [0.1, 0.15) is 26.2 Å². The van der Waals surface area contributed by atoms with Gasteiger partial charge in [-0.05, 0) is 43.5 Å². The fourth-order valence-electron chi connectivity index (χ4n) is 3.61. The highest BCUT2D eigenvalue weighted by molar-refractivity contribution is 5.76. The molecule has 25 heavy (non-hydrogen) atoms. The molecule has 3 rings (SSSR count). The summed E-state index contributed by atoms with van der Waals surface area (Å²) in [5.74, 6) is 1.24. The summed E-state index contributed by atoms with van der Waals surface area (Å²) in [4.78, 5) is 21.3. The Hall–Kier alpha value is -1.66. The van der Waals surface area contributed by atoms with Crippen molar-refractivity contribution in [1.29, 1.82) is 0 Å². The molecule has 0 atom stereocenters. The van der Waals surface area contributed by atoms with Gasteiger partial charge in [-0.2, -0.15) is 0 Å². The van der Waals surface area contributed by atoms with E-state index in [4.69, 9.17) is 0 Å². The molecule has 2 saturated heterocycles. The molecule has 1 aromatic rings. The number of piperidine rings is 1. The zero-order valence-corrected chi connectivity index (χ0v) is 15.3. The lowest BCUT2D eigenvalue weighted by atomic mass is 9.81. The van der Waals surface area contributed by atoms with E-state index in [1.807, 2.05) is 18.3 Å². The number of carbonyl (C=O) groups excluding carboxylic acids is 1. The van der Waals surface area contributed by atoms with Gasteiger partial charge in [-0.3, -0.25) is 9.69 Å². The van der Waals surface area contributed by atoms with Crippen molar-refractivity contribution in [1.82, 2.24) is 20.5 Å². The number of nitrogens with one attached hydrogen (secondary N) is 2. The zero-order valence-electron chi connectivity index (χ0n) is 15.3. The first-order chi connectivity index (χ1) is 12.1. The zero-order chi connectivity index (χ0) is 17.5. The number of rotatable bonds is 6. The van der Waals surface area contributed by atoms with Gasteiger partial charge in [0.2, 0.25) is 5.91 Å². The fraction of sp³-hybridized carbons (Fsp3) is 0.684. The molecule has 6 heteroatoms. The van der Waals surface area contributed by atoms with Crippen LogP contribution in [0.3, 0.4) is 0 Å². The first-order valence-corrected chi connectivity index (χ1v) is 9.50. The Morgan fingerprint density at radius 1 is 1.24 bits per heavy atom. The topological polar surface area (TPSA) is 60.5 Å². The molecule has 2 aliphatic heterocycles. The SMILES string of the molecule is CC1(CNC(=O)CCN2CCN(c3ccccn3)CC2)CCNCC1. The molecule has 0 radical (unpaired) electrons. The summed E-state index contributed by atoms with van der Waals surface area (Å²) < 4.78 is 0. The second-order valence-electron chi connectivity index (χ2n) is 7.60. The molecule has 0 spiro atoms. The highest BCUT2D eigenvalue weighted by Gasteiger charge is 2.27. The number of aromatic nitrogens is 1. The van der Waals surface area contributed by atoms with Crippen LogP contribution in [0.25, 0.3) is 0 Å². The highest BCUT2D eigenvalue weighted by atomic mass is 16.1. The summed E-state index contributed by atoms with van der Waals surface area (Å²) in [6.45, 7) is 10.00. The predicted octanol–water partition coefficient (Wildman–Crippen LogP) is 1.10. The first kappa shape index (κ1) is 18.1. The van der Waals surface area contributed by atoms with Crippen molar-refractivity contribution in [2.75, 3.05) is 57.3 Å². The Balaban J connectivity index is 1.33. The molecule has 0 bridgehead atoms. The van der Waals surface area contributed by atoms with E-state index in [1.165, 1.54) is 0 Å². The van der Waals surface area contributed by atoms with E-state index in [9.17, 15) is 4.79 Å². The third-order valence-electron chi connectivity index (χ3n) is 5.52. The molecule has 6 nitrogen and oxygen atoms in total. The number of amides is 1. The van der Waals surface area contributed by atoms with Crippen LogP contribution >= 0.6 is 0 Å². The Bertz CT molecular complexity index is 536. The van der Waals surface area contributed by atoms with Crippen LogP contribution in [0.15, 0.2) is 24.4 Å². The van der Waals surface area contributed by atoms with E-state index >= 15 is 0 Å². The molecular formula is C19H31N5O. The minimum absolute atomic E-state index is 0.187. The molecule has 1 amide bonds. The van der Waals surface area contributed by atoms with Gasteiger partial charge in [-0.1, -0.05) is 13.0 Å². The molecule has 2 N–H and O–H groups in total. The number of hydrogen-bond donors (Lipinski definition) is 2. The summed E-state index contributed by atoms with van der Waals surface area (Å²) in [5, 5.41) is 6.54. The lowest BCUT2D eigenvalue weighted by Gasteiger charge is -2.35. The van der Waals surface area contributed by atoms with E-state index in [2.05, 4.69) is 38.4 Å². The Kier molecular flexibility index (Phi) is 6.26. The summed E-state index contributed by atoms with van der Waals surface area (Å²) in [6, 6.07) is 6.04. The van der Waals surface area contributed by atoms with Crippen LogP contribution in [0.5, 0.6) is 0 Å². The van der Waals surface area contributed by atoms with Gasteiger partial charge in [0.1, 0.15) is 5.82 Å². The van der Waals surface area contributed by atoms with Crippen LogP contribution in [0.4, 0.5) is 5.82 Å². The number of nitrogens with zero attached hydrogens (tertiary/aromatic N) is 3. The average Bonchev–Trinajstić information content (AvgIpc) is 2.66. The Labute approximate surface area is 151 Å². The standard InChI is InChI=1S/C19H31N5O/c1-19(6-9-20-10-7-19)16-22-18(25)5-11-23-12-14-24(15-13-23)17-4-2-3-8-21-17/h2-4,8,20H,5-7,9-16H2,1H3,(H,22,25). The van der Waals surface area contributed by atoms with E-state index in [0.717, 1.165) is 71.0 Å². The molecule has 0 aliphatic carbocycles. The van der Waals surface area contributed by atoms with Gasteiger partial charge in [0.25, 0.3) is 0 Å². The second-order valence-corrected chi connectivity index (χ2v) is 7.60. The third kappa shape index (κ3) is 5.41. The van der Waals surface area contributed by atoms with Crippen molar-refractivity contribution in [3.8, 4) is 0 Å². The monoisotopic (exact) mass is 345 g/mol. The maximum atomic E-state index is 12.2. The maximum absolute atomic E-state index is 12.2. The van der Waals surface area contributed by atoms with Crippen LogP contribution in [0.2, 0.25) is 0 Å². The number of carbonyl (C=O) groups is 1. The molecular weight excluding hydrogens is 314 g/mol. The summed E-state index contributed by atoms with van der Waals surface area (Å²) in [5.41, 5.74) is 0.259. The van der Waals surface area contributed by atoms with E-state index in [1.54, 1.807) is 0 Å². The minimum atomic E-state index is 0.187. The minimum Gasteiger partial charge on any atom is -0.356 e. The van der Waals surface area contributed by atoms with Gasteiger partial charge in [-0.25, -0.2) is 4.98 Å². The van der Waals surface area contributed by atoms with Crippen LogP contribution in [-0.4, -0.2) is 68.1 Å². The molecule has 3 heterocycles. The lowest BCUT2D eigenvalue weighted by Crippen LogP contribution is -2.48. The van der Waals surface area contributed by atoms with Gasteiger partial charge in [0.15, 0.2) is 0 Å². The molecule has 0 aromatic carbocycles. The lowest BCUT2D eigenvalue weighted by molar-refractivity contribution is -0.122. The molecule has 138 valence electrons. The average molecular weight is 345 g/mol. The highest BCUT2D eigenvalue weighted by Crippen LogP contribution is 2.26. The molecule has 1 aromatic heterocycles. The van der Waals surface area contributed by atoms with Gasteiger partial charge in [0, 0.05) is 51.9 Å². The Morgan fingerprint density at radius 2 is 2.00 bits per heavy atom. The summed E-state index contributed by atoms with van der Waals surface area (Å²) in [7, 11) is 0. The molecule has 2 aliphatic rings. The van der Waals surface area contributed by atoms with Gasteiger partial charge < -0.3 is 15.5 Å². The normalized spacial score (nSPS) is 21.1. The number of pyridine rings is 1. The van der Waals surface area contributed by atoms with E-state index in [-0.39, 0.29) is 11.3 Å². The maximum Gasteiger partial charge on any atom is 0.221 e. The molecule has 0 unspecified atom stereocenters. The summed E-state index contributed by atoms with van der Waals surface area (Å²) >= 11 is 0. The number of hydrogen-bond acceptors (Lipinski definition) is 5.